The van der Waals surface area contributed by atoms with Crippen LogP contribution < -0.4 is 10.1 Å². The third-order valence-corrected chi connectivity index (χ3v) is 2.72. The zero-order valence-corrected chi connectivity index (χ0v) is 13.1. The Labute approximate surface area is 126 Å². The van der Waals surface area contributed by atoms with Gasteiger partial charge in [-0.2, -0.15) is 0 Å². The fraction of sp³-hybridized carbons (Fsp3) is 0.533. The van der Waals surface area contributed by atoms with Gasteiger partial charge in [0.1, 0.15) is 12.4 Å². The number of anilines is 1. The van der Waals surface area contributed by atoms with Crippen LogP contribution in [0.1, 0.15) is 33.0 Å². The summed E-state index contributed by atoms with van der Waals surface area (Å²) < 4.78 is 5.74. The SMILES string of the molecule is CC=N/C=C(\C)COc1cnc(C)nc1N[C@@H](C)CCO. The third-order valence-electron chi connectivity index (χ3n) is 2.72. The van der Waals surface area contributed by atoms with Gasteiger partial charge in [-0.1, -0.05) is 0 Å². The molecule has 6 heteroatoms. The monoisotopic (exact) mass is 292 g/mol. The molecular weight excluding hydrogens is 268 g/mol. The van der Waals surface area contributed by atoms with E-state index in [1.54, 1.807) is 18.6 Å². The lowest BCUT2D eigenvalue weighted by Crippen LogP contribution is -2.19. The highest BCUT2D eigenvalue weighted by Gasteiger charge is 2.10. The fourth-order valence-corrected chi connectivity index (χ4v) is 1.60. The van der Waals surface area contributed by atoms with Gasteiger partial charge in [-0.05, 0) is 39.7 Å². The summed E-state index contributed by atoms with van der Waals surface area (Å²) in [4.78, 5) is 12.6. The summed E-state index contributed by atoms with van der Waals surface area (Å²) in [6.45, 7) is 8.18. The van der Waals surface area contributed by atoms with E-state index in [0.29, 0.717) is 30.4 Å². The highest BCUT2D eigenvalue weighted by molar-refractivity contribution is 5.54. The number of aliphatic imine (C=N–C) groups is 1. The molecule has 6 nitrogen and oxygen atoms in total. The summed E-state index contributed by atoms with van der Waals surface area (Å²) in [7, 11) is 0. The Morgan fingerprint density at radius 3 is 3.00 bits per heavy atom. The maximum atomic E-state index is 8.97. The molecule has 1 aromatic rings. The van der Waals surface area contributed by atoms with Crippen LogP contribution in [0.3, 0.4) is 0 Å². The minimum Gasteiger partial charge on any atom is -0.484 e. The zero-order chi connectivity index (χ0) is 15.7. The Balaban J connectivity index is 2.77. The van der Waals surface area contributed by atoms with Gasteiger partial charge >= 0.3 is 0 Å². The lowest BCUT2D eigenvalue weighted by molar-refractivity contribution is 0.281. The Bertz CT molecular complexity index is 500. The van der Waals surface area contributed by atoms with Crippen molar-refractivity contribution in [1.82, 2.24) is 9.97 Å². The second-order valence-electron chi connectivity index (χ2n) is 4.86. The first-order chi connectivity index (χ1) is 10.1. The molecule has 0 spiro atoms. The Kier molecular flexibility index (Phi) is 7.39. The Morgan fingerprint density at radius 2 is 2.33 bits per heavy atom. The molecule has 1 aromatic heterocycles. The number of aromatic nitrogens is 2. The molecule has 0 aliphatic rings. The van der Waals surface area contributed by atoms with Crippen LogP contribution >= 0.6 is 0 Å². The average molecular weight is 292 g/mol. The van der Waals surface area contributed by atoms with Crippen LogP contribution in [0.15, 0.2) is 23.0 Å². The van der Waals surface area contributed by atoms with Gasteiger partial charge < -0.3 is 15.2 Å². The largest absolute Gasteiger partial charge is 0.484 e. The summed E-state index contributed by atoms with van der Waals surface area (Å²) in [5, 5.41) is 12.2. The maximum absolute atomic E-state index is 8.97. The van der Waals surface area contributed by atoms with Gasteiger partial charge in [0.25, 0.3) is 0 Å². The summed E-state index contributed by atoms with van der Waals surface area (Å²) in [5.41, 5.74) is 1.00. The van der Waals surface area contributed by atoms with Crippen molar-refractivity contribution in [2.75, 3.05) is 18.5 Å². The van der Waals surface area contributed by atoms with Crippen LogP contribution in [0.5, 0.6) is 5.75 Å². The number of rotatable bonds is 8. The molecule has 2 N–H and O–H groups in total. The van der Waals surface area contributed by atoms with Gasteiger partial charge in [-0.25, -0.2) is 9.97 Å². The van der Waals surface area contributed by atoms with Crippen LogP contribution in [0.25, 0.3) is 0 Å². The molecule has 0 unspecified atom stereocenters. The molecule has 0 saturated heterocycles. The Morgan fingerprint density at radius 1 is 1.57 bits per heavy atom. The van der Waals surface area contributed by atoms with Gasteiger partial charge in [0.15, 0.2) is 11.6 Å². The second-order valence-corrected chi connectivity index (χ2v) is 4.86. The Hall–Kier alpha value is -1.95. The molecule has 116 valence electrons. The van der Waals surface area contributed by atoms with E-state index in [2.05, 4.69) is 20.3 Å². The van der Waals surface area contributed by atoms with E-state index in [4.69, 9.17) is 9.84 Å². The summed E-state index contributed by atoms with van der Waals surface area (Å²) in [6, 6.07) is 0.105. The van der Waals surface area contributed by atoms with Crippen molar-refractivity contribution >= 4 is 12.0 Å². The molecule has 1 heterocycles. The van der Waals surface area contributed by atoms with Crippen LogP contribution in [-0.4, -0.2) is 40.5 Å². The molecule has 0 aliphatic carbocycles. The molecule has 0 bridgehead atoms. The normalized spacial score (nSPS) is 13.5. The molecule has 0 aromatic carbocycles. The van der Waals surface area contributed by atoms with Crippen molar-refractivity contribution in [3.63, 3.8) is 0 Å². The summed E-state index contributed by atoms with van der Waals surface area (Å²) in [6.07, 6.45) is 5.79. The predicted molar refractivity (Wildman–Crippen MR) is 85.0 cm³/mol. The van der Waals surface area contributed by atoms with Crippen LogP contribution in [-0.2, 0) is 0 Å². The number of aryl methyl sites for hydroxylation is 1. The highest BCUT2D eigenvalue weighted by Crippen LogP contribution is 2.22. The van der Waals surface area contributed by atoms with E-state index in [9.17, 15) is 0 Å². The topological polar surface area (TPSA) is 79.6 Å². The van der Waals surface area contributed by atoms with Crippen LogP contribution in [0, 0.1) is 6.92 Å². The van der Waals surface area contributed by atoms with Crippen molar-refractivity contribution < 1.29 is 9.84 Å². The van der Waals surface area contributed by atoms with Gasteiger partial charge in [-0.15, -0.1) is 0 Å². The minimum absolute atomic E-state index is 0.105. The summed E-state index contributed by atoms with van der Waals surface area (Å²) >= 11 is 0. The third kappa shape index (κ3) is 6.35. The van der Waals surface area contributed by atoms with Crippen molar-refractivity contribution in [2.24, 2.45) is 4.99 Å². The molecule has 0 amide bonds. The van der Waals surface area contributed by atoms with Crippen molar-refractivity contribution in [3.8, 4) is 5.75 Å². The van der Waals surface area contributed by atoms with Gasteiger partial charge in [0.05, 0.1) is 6.20 Å². The molecule has 1 rings (SSSR count). The van der Waals surface area contributed by atoms with Gasteiger partial charge in [0, 0.05) is 25.1 Å². The molecule has 0 fully saturated rings. The fourth-order valence-electron chi connectivity index (χ4n) is 1.60. The van der Waals surface area contributed by atoms with E-state index >= 15 is 0 Å². The quantitative estimate of drug-likeness (QED) is 0.719. The van der Waals surface area contributed by atoms with E-state index in [1.165, 1.54) is 0 Å². The first-order valence-electron chi connectivity index (χ1n) is 7.04. The molecule has 1 atom stereocenters. The first kappa shape index (κ1) is 17.1. The average Bonchev–Trinajstić information content (AvgIpc) is 2.44. The molecule has 21 heavy (non-hydrogen) atoms. The lowest BCUT2D eigenvalue weighted by atomic mass is 10.2. The van der Waals surface area contributed by atoms with E-state index in [0.717, 1.165) is 5.57 Å². The first-order valence-corrected chi connectivity index (χ1v) is 7.04. The number of nitrogens with one attached hydrogen (secondary N) is 1. The summed E-state index contributed by atoms with van der Waals surface area (Å²) in [5.74, 6) is 1.91. The number of hydrogen-bond donors (Lipinski definition) is 2. The zero-order valence-electron chi connectivity index (χ0n) is 13.1. The molecule has 0 saturated carbocycles. The van der Waals surface area contributed by atoms with Crippen molar-refractivity contribution in [1.29, 1.82) is 0 Å². The van der Waals surface area contributed by atoms with Gasteiger partial charge in [-0.3, -0.25) is 4.99 Å². The van der Waals surface area contributed by atoms with Gasteiger partial charge in [0.2, 0.25) is 0 Å². The molecular formula is C15H24N4O2. The smallest absolute Gasteiger partial charge is 0.180 e. The van der Waals surface area contributed by atoms with E-state index in [-0.39, 0.29) is 12.6 Å². The van der Waals surface area contributed by atoms with Crippen molar-refractivity contribution in [2.45, 2.75) is 40.2 Å². The highest BCUT2D eigenvalue weighted by atomic mass is 16.5. The predicted octanol–water partition coefficient (Wildman–Crippen LogP) is 2.34. The number of ether oxygens (including phenoxy) is 1. The number of aliphatic hydroxyl groups is 1. The minimum atomic E-state index is 0.105. The number of aliphatic hydroxyl groups excluding tert-OH is 1. The molecule has 0 aliphatic heterocycles. The lowest BCUT2D eigenvalue weighted by Gasteiger charge is -2.16. The van der Waals surface area contributed by atoms with Crippen LogP contribution in [0.2, 0.25) is 0 Å². The van der Waals surface area contributed by atoms with E-state index in [1.807, 2.05) is 27.7 Å². The standard InChI is InChI=1S/C15H24N4O2/c1-5-16-8-11(2)10-21-14-9-17-13(4)19-15(14)18-12(3)6-7-20/h5,8-9,12,20H,6-7,10H2,1-4H3,(H,17,18,19)/b11-8+,16-5?/t12-/m0/s1. The molecule has 0 radical (unpaired) electrons. The van der Waals surface area contributed by atoms with Crippen molar-refractivity contribution in [3.05, 3.63) is 23.8 Å². The second kappa shape index (κ2) is 9.07. The van der Waals surface area contributed by atoms with E-state index < -0.39 is 0 Å². The van der Waals surface area contributed by atoms with Crippen LogP contribution in [0.4, 0.5) is 5.82 Å². The number of nitrogens with zero attached hydrogens (tertiary/aromatic N) is 3. The maximum Gasteiger partial charge on any atom is 0.180 e. The number of hydrogen-bond acceptors (Lipinski definition) is 6.